The molecule has 2 aromatic rings. The molecule has 0 spiro atoms. The third-order valence-electron chi connectivity index (χ3n) is 3.14. The molecule has 1 atom stereocenters. The van der Waals surface area contributed by atoms with Crippen LogP contribution in [0.4, 0.5) is 5.69 Å². The van der Waals surface area contributed by atoms with Gasteiger partial charge in [-0.05, 0) is 49.2 Å². The highest BCUT2D eigenvalue weighted by Gasteiger charge is 2.16. The number of nitrogens with one attached hydrogen (secondary N) is 1. The smallest absolute Gasteiger partial charge is 0.261 e. The van der Waals surface area contributed by atoms with E-state index in [2.05, 4.69) is 4.72 Å². The summed E-state index contributed by atoms with van der Waals surface area (Å²) in [4.78, 5) is 0.177. The lowest BCUT2D eigenvalue weighted by Gasteiger charge is -2.12. The van der Waals surface area contributed by atoms with Crippen LogP contribution < -0.4 is 10.5 Å². The fourth-order valence-corrected chi connectivity index (χ4v) is 3.22. The maximum Gasteiger partial charge on any atom is 0.261 e. The molecular formula is C15H17ClN2O2S. The molecule has 1 unspecified atom stereocenters. The fraction of sp³-hybridized carbons (Fsp3) is 0.200. The summed E-state index contributed by atoms with van der Waals surface area (Å²) in [5.41, 5.74) is 7.82. The molecule has 0 aliphatic heterocycles. The first-order valence-corrected chi connectivity index (χ1v) is 8.30. The molecule has 2 rings (SSSR count). The summed E-state index contributed by atoms with van der Waals surface area (Å²) in [7, 11) is -3.67. The Morgan fingerprint density at radius 1 is 1.19 bits per heavy atom. The van der Waals surface area contributed by atoms with Crippen LogP contribution in [-0.4, -0.2) is 8.42 Å². The van der Waals surface area contributed by atoms with Gasteiger partial charge in [0.05, 0.1) is 10.6 Å². The van der Waals surface area contributed by atoms with Gasteiger partial charge in [0.25, 0.3) is 10.0 Å². The van der Waals surface area contributed by atoms with Crippen molar-refractivity contribution in [1.82, 2.24) is 0 Å². The Morgan fingerprint density at radius 2 is 1.90 bits per heavy atom. The Morgan fingerprint density at radius 3 is 2.57 bits per heavy atom. The largest absolute Gasteiger partial charge is 0.324 e. The molecule has 0 aromatic heterocycles. The monoisotopic (exact) mass is 324 g/mol. The van der Waals surface area contributed by atoms with Gasteiger partial charge in [0.15, 0.2) is 0 Å². The predicted molar refractivity (Wildman–Crippen MR) is 86.0 cm³/mol. The van der Waals surface area contributed by atoms with E-state index >= 15 is 0 Å². The number of aryl methyl sites for hydroxylation is 1. The molecule has 0 amide bonds. The highest BCUT2D eigenvalue weighted by atomic mass is 35.5. The zero-order valence-corrected chi connectivity index (χ0v) is 13.4. The minimum atomic E-state index is -3.67. The molecule has 112 valence electrons. The zero-order chi connectivity index (χ0) is 15.6. The number of rotatable bonds is 4. The Balaban J connectivity index is 2.38. The van der Waals surface area contributed by atoms with Gasteiger partial charge in [-0.15, -0.1) is 0 Å². The molecule has 0 aliphatic carbocycles. The summed E-state index contributed by atoms with van der Waals surface area (Å²) in [6, 6.07) is 11.4. The topological polar surface area (TPSA) is 72.2 Å². The molecule has 3 N–H and O–H groups in total. The maximum absolute atomic E-state index is 12.4. The van der Waals surface area contributed by atoms with Crippen molar-refractivity contribution >= 4 is 27.3 Å². The molecule has 0 heterocycles. The summed E-state index contributed by atoms with van der Waals surface area (Å²) >= 11 is 5.91. The SMILES string of the molecule is Cc1ccc(Cl)cc1NS(=O)(=O)c1cccc(C(C)N)c1. The van der Waals surface area contributed by atoms with E-state index < -0.39 is 10.0 Å². The van der Waals surface area contributed by atoms with Crippen LogP contribution >= 0.6 is 11.6 Å². The molecule has 0 saturated carbocycles. The van der Waals surface area contributed by atoms with Gasteiger partial charge in [-0.25, -0.2) is 8.42 Å². The predicted octanol–water partition coefficient (Wildman–Crippen LogP) is 3.47. The Bertz CT molecular complexity index is 758. The van der Waals surface area contributed by atoms with Gasteiger partial charge in [-0.1, -0.05) is 29.8 Å². The van der Waals surface area contributed by atoms with E-state index in [0.29, 0.717) is 10.7 Å². The average molecular weight is 325 g/mol. The van der Waals surface area contributed by atoms with Crippen LogP contribution in [-0.2, 0) is 10.0 Å². The lowest BCUT2D eigenvalue weighted by Crippen LogP contribution is -2.15. The van der Waals surface area contributed by atoms with E-state index in [1.54, 1.807) is 43.3 Å². The second-order valence-electron chi connectivity index (χ2n) is 4.93. The van der Waals surface area contributed by atoms with Crippen LogP contribution in [0.25, 0.3) is 0 Å². The standard InChI is InChI=1S/C15H17ClN2O2S/c1-10-6-7-13(16)9-15(10)18-21(19,20)14-5-3-4-12(8-14)11(2)17/h3-9,11,18H,17H2,1-2H3. The van der Waals surface area contributed by atoms with E-state index in [1.165, 1.54) is 6.07 Å². The highest BCUT2D eigenvalue weighted by molar-refractivity contribution is 7.92. The number of halogens is 1. The van der Waals surface area contributed by atoms with Gasteiger partial charge < -0.3 is 5.73 Å². The van der Waals surface area contributed by atoms with Crippen LogP contribution in [0.15, 0.2) is 47.4 Å². The van der Waals surface area contributed by atoms with Crippen molar-refractivity contribution in [2.24, 2.45) is 5.73 Å². The first-order valence-electron chi connectivity index (χ1n) is 6.44. The quantitative estimate of drug-likeness (QED) is 0.904. The summed E-state index contributed by atoms with van der Waals surface area (Å²) in [5, 5.41) is 0.475. The van der Waals surface area contributed by atoms with Crippen LogP contribution in [0.5, 0.6) is 0 Å². The van der Waals surface area contributed by atoms with Crippen molar-refractivity contribution in [1.29, 1.82) is 0 Å². The summed E-state index contributed by atoms with van der Waals surface area (Å²) in [6.07, 6.45) is 0. The van der Waals surface area contributed by atoms with E-state index in [0.717, 1.165) is 11.1 Å². The normalized spacial score (nSPS) is 13.0. The Kier molecular flexibility index (Phi) is 4.56. The van der Waals surface area contributed by atoms with Gasteiger partial charge >= 0.3 is 0 Å². The van der Waals surface area contributed by atoms with Crippen molar-refractivity contribution < 1.29 is 8.42 Å². The Labute approximate surface area is 130 Å². The third kappa shape index (κ3) is 3.75. The van der Waals surface area contributed by atoms with Gasteiger partial charge in [-0.2, -0.15) is 0 Å². The molecule has 21 heavy (non-hydrogen) atoms. The molecule has 2 aromatic carbocycles. The lowest BCUT2D eigenvalue weighted by atomic mass is 10.1. The second kappa shape index (κ2) is 6.05. The molecule has 0 saturated heterocycles. The van der Waals surface area contributed by atoms with Crippen LogP contribution in [0, 0.1) is 6.92 Å². The summed E-state index contributed by atoms with van der Waals surface area (Å²) < 4.78 is 27.4. The molecular weight excluding hydrogens is 308 g/mol. The molecule has 0 bridgehead atoms. The van der Waals surface area contributed by atoms with Crippen LogP contribution in [0.3, 0.4) is 0 Å². The van der Waals surface area contributed by atoms with Crippen molar-refractivity contribution in [3.8, 4) is 0 Å². The van der Waals surface area contributed by atoms with Crippen molar-refractivity contribution in [2.75, 3.05) is 4.72 Å². The second-order valence-corrected chi connectivity index (χ2v) is 7.04. The van der Waals surface area contributed by atoms with E-state index in [-0.39, 0.29) is 10.9 Å². The first-order chi connectivity index (χ1) is 9.79. The zero-order valence-electron chi connectivity index (χ0n) is 11.8. The van der Waals surface area contributed by atoms with Crippen LogP contribution in [0.1, 0.15) is 24.1 Å². The van der Waals surface area contributed by atoms with E-state index in [4.69, 9.17) is 17.3 Å². The number of hydrogen-bond acceptors (Lipinski definition) is 3. The van der Waals surface area contributed by atoms with Gasteiger partial charge in [0, 0.05) is 11.1 Å². The minimum Gasteiger partial charge on any atom is -0.324 e. The summed E-state index contributed by atoms with van der Waals surface area (Å²) in [5.74, 6) is 0. The molecule has 0 radical (unpaired) electrons. The lowest BCUT2D eigenvalue weighted by molar-refractivity contribution is 0.601. The number of nitrogens with two attached hydrogens (primary N) is 1. The average Bonchev–Trinajstić information content (AvgIpc) is 2.43. The third-order valence-corrected chi connectivity index (χ3v) is 4.74. The fourth-order valence-electron chi connectivity index (χ4n) is 1.87. The molecule has 0 fully saturated rings. The molecule has 0 aliphatic rings. The summed E-state index contributed by atoms with van der Waals surface area (Å²) in [6.45, 7) is 3.62. The van der Waals surface area contributed by atoms with E-state index in [1.807, 2.05) is 6.92 Å². The van der Waals surface area contributed by atoms with Gasteiger partial charge in [0.2, 0.25) is 0 Å². The number of benzene rings is 2. The number of anilines is 1. The Hall–Kier alpha value is -1.56. The molecule has 4 nitrogen and oxygen atoms in total. The van der Waals surface area contributed by atoms with Crippen LogP contribution in [0.2, 0.25) is 5.02 Å². The maximum atomic E-state index is 12.4. The number of hydrogen-bond donors (Lipinski definition) is 2. The van der Waals surface area contributed by atoms with Gasteiger partial charge in [0.1, 0.15) is 0 Å². The first kappa shape index (κ1) is 15.8. The minimum absolute atomic E-state index is 0.177. The highest BCUT2D eigenvalue weighted by Crippen LogP contribution is 2.24. The van der Waals surface area contributed by atoms with Crippen molar-refractivity contribution in [3.63, 3.8) is 0 Å². The van der Waals surface area contributed by atoms with Crippen molar-refractivity contribution in [2.45, 2.75) is 24.8 Å². The van der Waals surface area contributed by atoms with Gasteiger partial charge in [-0.3, -0.25) is 4.72 Å². The van der Waals surface area contributed by atoms with Crippen molar-refractivity contribution in [3.05, 3.63) is 58.6 Å². The molecule has 6 heteroatoms. The van der Waals surface area contributed by atoms with E-state index in [9.17, 15) is 8.42 Å². The number of sulfonamides is 1.